The molecule has 1 aromatic rings. The lowest BCUT2D eigenvalue weighted by molar-refractivity contribution is -0.138. The van der Waals surface area contributed by atoms with Crippen molar-refractivity contribution < 1.29 is 14.3 Å². The number of nitrogens with one attached hydrogen (secondary N) is 1. The Bertz CT molecular complexity index is 849. The fourth-order valence-corrected chi connectivity index (χ4v) is 6.56. The van der Waals surface area contributed by atoms with E-state index in [1.165, 1.54) is 12.7 Å². The second kappa shape index (κ2) is 4.27. The summed E-state index contributed by atoms with van der Waals surface area (Å²) < 4.78 is 11.6. The molecule has 1 aromatic carbocycles. The number of hydrogen-bond donors (Lipinski definition) is 1. The zero-order chi connectivity index (χ0) is 17.0. The van der Waals surface area contributed by atoms with Crippen molar-refractivity contribution >= 4 is 11.7 Å². The van der Waals surface area contributed by atoms with E-state index in [0.717, 1.165) is 42.9 Å². The lowest BCUT2D eigenvalue weighted by Gasteiger charge is -2.51. The summed E-state index contributed by atoms with van der Waals surface area (Å²) in [6.07, 6.45) is 2.18. The molecule has 25 heavy (non-hydrogen) atoms. The minimum absolute atomic E-state index is 0.124. The molecule has 5 heteroatoms. The molecule has 0 unspecified atom stereocenters. The molecule has 0 amide bonds. The van der Waals surface area contributed by atoms with E-state index >= 15 is 0 Å². The summed E-state index contributed by atoms with van der Waals surface area (Å²) in [5.74, 6) is -0.0696. The first kappa shape index (κ1) is 14.3. The summed E-state index contributed by atoms with van der Waals surface area (Å²) in [7, 11) is 1.49. The third-order valence-corrected chi connectivity index (χ3v) is 7.40. The number of epoxide rings is 1. The van der Waals surface area contributed by atoms with Gasteiger partial charge < -0.3 is 14.8 Å². The molecule has 4 aliphatic heterocycles. The van der Waals surface area contributed by atoms with Crippen LogP contribution in [-0.4, -0.2) is 48.8 Å². The van der Waals surface area contributed by atoms with Gasteiger partial charge in [-0.25, -0.2) is 4.79 Å². The molecule has 5 aliphatic rings. The number of methoxy groups -OCH3 is 1. The van der Waals surface area contributed by atoms with Gasteiger partial charge >= 0.3 is 5.97 Å². The Balaban J connectivity index is 1.70. The van der Waals surface area contributed by atoms with E-state index in [-0.39, 0.29) is 29.0 Å². The number of fused-ring (bicyclic) bond motifs is 1. The minimum atomic E-state index is -0.235. The summed E-state index contributed by atoms with van der Waals surface area (Å²) in [5, 5.41) is 3.63. The van der Waals surface area contributed by atoms with Crippen molar-refractivity contribution in [1.29, 1.82) is 0 Å². The van der Waals surface area contributed by atoms with Gasteiger partial charge in [-0.2, -0.15) is 0 Å². The highest BCUT2D eigenvalue weighted by molar-refractivity contribution is 5.94. The Hall–Kier alpha value is -1.85. The van der Waals surface area contributed by atoms with Crippen molar-refractivity contribution in [2.24, 2.45) is 5.92 Å². The van der Waals surface area contributed by atoms with Crippen molar-refractivity contribution in [1.82, 2.24) is 4.90 Å². The standard InChI is InChI=1S/C20H22N2O3/c1-11-20(25-11)13-7-9-22-10-8-19(18(20)22)12-5-3-4-6-14(12)21-16(19)15(13)17(23)24-2/h3-6,11,13,18,21H,7-10H2,1-2H3/t11-,13+,18-,19+,20+/m0/s1. The minimum Gasteiger partial charge on any atom is -0.466 e. The number of esters is 1. The highest BCUT2D eigenvalue weighted by Crippen LogP contribution is 2.69. The summed E-state index contributed by atoms with van der Waals surface area (Å²) in [6, 6.07) is 8.83. The van der Waals surface area contributed by atoms with E-state index < -0.39 is 0 Å². The van der Waals surface area contributed by atoms with Crippen molar-refractivity contribution in [2.45, 2.75) is 42.9 Å². The molecule has 1 aliphatic carbocycles. The Kier molecular flexibility index (Phi) is 2.45. The lowest BCUT2D eigenvalue weighted by Crippen LogP contribution is -2.64. The van der Waals surface area contributed by atoms with Crippen LogP contribution in [0.15, 0.2) is 35.5 Å². The van der Waals surface area contributed by atoms with E-state index in [9.17, 15) is 4.79 Å². The Morgan fingerprint density at radius 2 is 2.16 bits per heavy atom. The first-order valence-corrected chi connectivity index (χ1v) is 9.26. The Labute approximate surface area is 147 Å². The largest absolute Gasteiger partial charge is 0.466 e. The van der Waals surface area contributed by atoms with Crippen molar-refractivity contribution in [3.8, 4) is 0 Å². The molecule has 130 valence electrons. The number of nitrogens with zero attached hydrogens (tertiary/aromatic N) is 1. The van der Waals surface area contributed by atoms with Crippen molar-refractivity contribution in [3.05, 3.63) is 41.1 Å². The fourth-order valence-electron chi connectivity index (χ4n) is 6.56. The van der Waals surface area contributed by atoms with Gasteiger partial charge in [-0.1, -0.05) is 18.2 Å². The van der Waals surface area contributed by atoms with Crippen LogP contribution in [0.3, 0.4) is 0 Å². The smallest absolute Gasteiger partial charge is 0.335 e. The Morgan fingerprint density at radius 3 is 2.92 bits per heavy atom. The predicted molar refractivity (Wildman–Crippen MR) is 92.1 cm³/mol. The first-order chi connectivity index (χ1) is 12.1. The number of para-hydroxylation sites is 1. The molecule has 1 N–H and O–H groups in total. The number of carbonyl (C=O) groups excluding carboxylic acids is 1. The maximum atomic E-state index is 12.9. The maximum absolute atomic E-state index is 12.9. The molecule has 5 atom stereocenters. The van der Waals surface area contributed by atoms with Gasteiger partial charge in [0, 0.05) is 17.3 Å². The molecule has 3 fully saturated rings. The number of hydrogen-bond acceptors (Lipinski definition) is 5. The van der Waals surface area contributed by atoms with E-state index in [4.69, 9.17) is 9.47 Å². The molecule has 3 saturated heterocycles. The van der Waals surface area contributed by atoms with Crippen LogP contribution in [0, 0.1) is 5.92 Å². The average molecular weight is 338 g/mol. The predicted octanol–water partition coefficient (Wildman–Crippen LogP) is 2.04. The van der Waals surface area contributed by atoms with Crippen LogP contribution in [0.25, 0.3) is 0 Å². The number of rotatable bonds is 1. The van der Waals surface area contributed by atoms with Crippen molar-refractivity contribution in [2.75, 3.05) is 25.5 Å². The van der Waals surface area contributed by atoms with Crippen LogP contribution >= 0.6 is 0 Å². The number of ether oxygens (including phenoxy) is 2. The SMILES string of the molecule is COC(=O)C1=C2Nc3ccccc3[C@]23CCN2CC[C@H]1[C@@]1(O[C@H]1C)[C@@H]23. The highest BCUT2D eigenvalue weighted by atomic mass is 16.6. The quantitative estimate of drug-likeness (QED) is 0.627. The molecule has 0 aromatic heterocycles. The van der Waals surface area contributed by atoms with Gasteiger partial charge in [0.2, 0.25) is 0 Å². The summed E-state index contributed by atoms with van der Waals surface area (Å²) in [4.78, 5) is 15.5. The zero-order valence-corrected chi connectivity index (χ0v) is 14.5. The van der Waals surface area contributed by atoms with Gasteiger partial charge in [-0.05, 0) is 44.5 Å². The third kappa shape index (κ3) is 1.37. The number of piperidine rings is 1. The summed E-state index contributed by atoms with van der Waals surface area (Å²) in [6.45, 7) is 4.25. The average Bonchev–Trinajstić information content (AvgIpc) is 2.99. The fraction of sp³-hybridized carbons (Fsp3) is 0.550. The molecule has 6 rings (SSSR count). The second-order valence-electron chi connectivity index (χ2n) is 8.07. The van der Waals surface area contributed by atoms with Gasteiger partial charge in [0.25, 0.3) is 0 Å². The third-order valence-electron chi connectivity index (χ3n) is 7.40. The molecule has 4 heterocycles. The normalized spacial score (nSPS) is 42.9. The van der Waals surface area contributed by atoms with E-state index in [1.54, 1.807) is 0 Å². The van der Waals surface area contributed by atoms with E-state index in [1.807, 2.05) is 0 Å². The molecule has 5 nitrogen and oxygen atoms in total. The molecular formula is C20H22N2O3. The molecule has 2 bridgehead atoms. The lowest BCUT2D eigenvalue weighted by atomic mass is 9.57. The molecular weight excluding hydrogens is 316 g/mol. The van der Waals surface area contributed by atoms with Crippen LogP contribution in [0.2, 0.25) is 0 Å². The highest BCUT2D eigenvalue weighted by Gasteiger charge is 2.78. The summed E-state index contributed by atoms with van der Waals surface area (Å²) >= 11 is 0. The first-order valence-electron chi connectivity index (χ1n) is 9.26. The van der Waals surface area contributed by atoms with Crippen LogP contribution in [-0.2, 0) is 19.7 Å². The Morgan fingerprint density at radius 1 is 1.36 bits per heavy atom. The van der Waals surface area contributed by atoms with Gasteiger partial charge in [0.15, 0.2) is 0 Å². The number of benzene rings is 1. The van der Waals surface area contributed by atoms with E-state index in [2.05, 4.69) is 41.4 Å². The van der Waals surface area contributed by atoms with Crippen LogP contribution in [0.4, 0.5) is 5.69 Å². The molecule has 0 saturated carbocycles. The van der Waals surface area contributed by atoms with Gasteiger partial charge in [0.1, 0.15) is 5.60 Å². The maximum Gasteiger partial charge on any atom is 0.335 e. The van der Waals surface area contributed by atoms with Crippen LogP contribution in [0.1, 0.15) is 25.3 Å². The topological polar surface area (TPSA) is 54.1 Å². The zero-order valence-electron chi connectivity index (χ0n) is 14.5. The van der Waals surface area contributed by atoms with Crippen molar-refractivity contribution in [3.63, 3.8) is 0 Å². The molecule has 0 radical (unpaired) electrons. The van der Waals surface area contributed by atoms with Crippen LogP contribution < -0.4 is 5.32 Å². The second-order valence-corrected chi connectivity index (χ2v) is 8.07. The van der Waals surface area contributed by atoms with Crippen LogP contribution in [0.5, 0.6) is 0 Å². The van der Waals surface area contributed by atoms with Gasteiger partial charge in [-0.15, -0.1) is 0 Å². The summed E-state index contributed by atoms with van der Waals surface area (Å²) in [5.41, 5.74) is 3.98. The number of anilines is 1. The monoisotopic (exact) mass is 338 g/mol. The van der Waals surface area contributed by atoms with Gasteiger partial charge in [0.05, 0.1) is 30.2 Å². The number of carbonyl (C=O) groups is 1. The van der Waals surface area contributed by atoms with Gasteiger partial charge in [-0.3, -0.25) is 4.90 Å². The van der Waals surface area contributed by atoms with E-state index in [0.29, 0.717) is 6.04 Å². The molecule has 2 spiro atoms.